The van der Waals surface area contributed by atoms with Crippen molar-refractivity contribution in [1.82, 2.24) is 10.6 Å². The van der Waals surface area contributed by atoms with Crippen molar-refractivity contribution in [3.05, 3.63) is 125 Å². The summed E-state index contributed by atoms with van der Waals surface area (Å²) in [6, 6.07) is 25.7. The van der Waals surface area contributed by atoms with Gasteiger partial charge in [0, 0.05) is 42.6 Å². The van der Waals surface area contributed by atoms with Gasteiger partial charge in [-0.05, 0) is 29.8 Å². The molecule has 3 aromatic carbocycles. The molecule has 11 heteroatoms. The molecular formula is C36H38N2O9. The van der Waals surface area contributed by atoms with Gasteiger partial charge in [0.15, 0.2) is 0 Å². The Kier molecular flexibility index (Phi) is 11.5. The molecule has 1 aliphatic heterocycles. The molecular weight excluding hydrogens is 604 g/mol. The second-order valence-electron chi connectivity index (χ2n) is 11.0. The van der Waals surface area contributed by atoms with Gasteiger partial charge in [-0.25, -0.2) is 4.79 Å². The van der Waals surface area contributed by atoms with Gasteiger partial charge in [0.05, 0.1) is 25.0 Å². The number of nitrogens with one attached hydrogen (secondary N) is 2. The SMILES string of the molecule is O=C(CCNC(=O)C1=C[C@H]2OC(c3ccccc3)(c3ccccc3)O[C@H]2[C@H](OC(=O)c2cccc(C=COCCO)c2)C1)NCCO. The number of fused-ring (bicyclic) bond motifs is 1. The van der Waals surface area contributed by atoms with Crippen LogP contribution < -0.4 is 10.6 Å². The van der Waals surface area contributed by atoms with E-state index in [1.807, 2.05) is 60.7 Å². The minimum absolute atomic E-state index is 0.0318. The largest absolute Gasteiger partial charge is 0.499 e. The average molecular weight is 643 g/mol. The molecule has 1 aliphatic carbocycles. The normalized spacial score (nSPS) is 19.8. The van der Waals surface area contributed by atoms with Gasteiger partial charge in [0.25, 0.3) is 0 Å². The number of hydrogen-bond donors (Lipinski definition) is 4. The number of rotatable bonds is 14. The summed E-state index contributed by atoms with van der Waals surface area (Å²) in [5.74, 6) is -2.67. The summed E-state index contributed by atoms with van der Waals surface area (Å²) >= 11 is 0. The first-order chi connectivity index (χ1) is 22.9. The van der Waals surface area contributed by atoms with E-state index >= 15 is 0 Å². The highest BCUT2D eigenvalue weighted by atomic mass is 16.8. The van der Waals surface area contributed by atoms with Gasteiger partial charge in [-0.2, -0.15) is 0 Å². The van der Waals surface area contributed by atoms with Crippen molar-refractivity contribution in [2.24, 2.45) is 0 Å². The molecule has 3 atom stereocenters. The first kappa shape index (κ1) is 33.6. The molecule has 0 unspecified atom stereocenters. The van der Waals surface area contributed by atoms with Crippen LogP contribution in [0.4, 0.5) is 0 Å². The van der Waals surface area contributed by atoms with Gasteiger partial charge in [-0.15, -0.1) is 0 Å². The number of amides is 2. The summed E-state index contributed by atoms with van der Waals surface area (Å²) in [6.07, 6.45) is 2.48. The maximum Gasteiger partial charge on any atom is 0.338 e. The maximum absolute atomic E-state index is 13.6. The minimum atomic E-state index is -1.34. The second kappa shape index (κ2) is 16.1. The van der Waals surface area contributed by atoms with Crippen molar-refractivity contribution in [3.8, 4) is 0 Å². The summed E-state index contributed by atoms with van der Waals surface area (Å²) in [6.45, 7) is 0.0636. The molecule has 0 spiro atoms. The Labute approximate surface area is 272 Å². The monoisotopic (exact) mass is 642 g/mol. The molecule has 1 heterocycles. The van der Waals surface area contributed by atoms with Crippen molar-refractivity contribution in [3.63, 3.8) is 0 Å². The Morgan fingerprint density at radius 3 is 2.28 bits per heavy atom. The van der Waals surface area contributed by atoms with Crippen molar-refractivity contribution in [1.29, 1.82) is 0 Å². The van der Waals surface area contributed by atoms with Crippen LogP contribution in [0.1, 0.15) is 39.9 Å². The smallest absolute Gasteiger partial charge is 0.338 e. The van der Waals surface area contributed by atoms with Crippen LogP contribution in [0.3, 0.4) is 0 Å². The lowest BCUT2D eigenvalue weighted by Gasteiger charge is -2.31. The van der Waals surface area contributed by atoms with E-state index < -0.39 is 36.0 Å². The lowest BCUT2D eigenvalue weighted by atomic mass is 9.91. The average Bonchev–Trinajstić information content (AvgIpc) is 3.51. The molecule has 1 fully saturated rings. The fourth-order valence-corrected chi connectivity index (χ4v) is 5.50. The van der Waals surface area contributed by atoms with Crippen LogP contribution in [-0.2, 0) is 34.3 Å². The number of esters is 1. The van der Waals surface area contributed by atoms with Crippen molar-refractivity contribution < 1.29 is 43.5 Å². The molecule has 47 heavy (non-hydrogen) atoms. The Hall–Kier alpha value is -4.81. The maximum atomic E-state index is 13.6. The van der Waals surface area contributed by atoms with Crippen molar-refractivity contribution in [2.75, 3.05) is 32.9 Å². The van der Waals surface area contributed by atoms with E-state index in [1.54, 1.807) is 36.4 Å². The van der Waals surface area contributed by atoms with Crippen molar-refractivity contribution >= 4 is 23.9 Å². The standard InChI is InChI=1S/C36H38N2O9/c39-18-17-37-32(41)14-16-38-34(42)27-23-30(45-35(43)26-9-7-8-25(22-26)15-20-44-21-19-40)33-31(24-27)46-36(47-33,28-10-3-1-4-11-28)29-12-5-2-6-13-29/h1-13,15,20,22,24,30-31,33,39-40H,14,16-19,21,23H2,(H,37,41)(H,38,42)/t30-,31-,33+/m1/s1. The summed E-state index contributed by atoms with van der Waals surface area (Å²) in [4.78, 5) is 38.9. The van der Waals surface area contributed by atoms with Crippen LogP contribution >= 0.6 is 0 Å². The fourth-order valence-electron chi connectivity index (χ4n) is 5.50. The van der Waals surface area contributed by atoms with Gasteiger partial charge in [-0.1, -0.05) is 72.8 Å². The number of ether oxygens (including phenoxy) is 4. The highest BCUT2D eigenvalue weighted by molar-refractivity contribution is 5.94. The molecule has 0 aromatic heterocycles. The van der Waals surface area contributed by atoms with E-state index in [9.17, 15) is 14.4 Å². The third-order valence-corrected chi connectivity index (χ3v) is 7.70. The molecule has 0 saturated carbocycles. The third-order valence-electron chi connectivity index (χ3n) is 7.70. The zero-order valence-electron chi connectivity index (χ0n) is 25.7. The Balaban J connectivity index is 1.41. The predicted octanol–water partition coefficient (Wildman–Crippen LogP) is 2.82. The minimum Gasteiger partial charge on any atom is -0.499 e. The third kappa shape index (κ3) is 8.32. The zero-order valence-corrected chi connectivity index (χ0v) is 25.7. The summed E-state index contributed by atoms with van der Waals surface area (Å²) in [7, 11) is 0. The number of aliphatic hydroxyl groups is 2. The van der Waals surface area contributed by atoms with Crippen LogP contribution in [0.15, 0.2) is 103 Å². The summed E-state index contributed by atoms with van der Waals surface area (Å²) < 4.78 is 24.7. The summed E-state index contributed by atoms with van der Waals surface area (Å²) in [5, 5.41) is 23.1. The molecule has 4 N–H and O–H groups in total. The number of hydrogen-bond acceptors (Lipinski definition) is 9. The predicted molar refractivity (Wildman–Crippen MR) is 172 cm³/mol. The lowest BCUT2D eigenvalue weighted by Crippen LogP contribution is -2.44. The van der Waals surface area contributed by atoms with E-state index in [1.165, 1.54) is 6.26 Å². The van der Waals surface area contributed by atoms with Gasteiger partial charge in [-0.3, -0.25) is 9.59 Å². The number of benzene rings is 3. The molecule has 5 rings (SSSR count). The van der Waals surface area contributed by atoms with Crippen LogP contribution in [0.5, 0.6) is 0 Å². The van der Waals surface area contributed by atoms with E-state index in [0.29, 0.717) is 11.1 Å². The Morgan fingerprint density at radius 1 is 0.872 bits per heavy atom. The Morgan fingerprint density at radius 2 is 1.60 bits per heavy atom. The van der Waals surface area contributed by atoms with Crippen LogP contribution in [0.25, 0.3) is 6.08 Å². The van der Waals surface area contributed by atoms with Gasteiger partial charge in [0.2, 0.25) is 17.6 Å². The van der Waals surface area contributed by atoms with Gasteiger partial charge in [0.1, 0.15) is 24.9 Å². The molecule has 246 valence electrons. The molecule has 2 aliphatic rings. The second-order valence-corrected chi connectivity index (χ2v) is 11.0. The van der Waals surface area contributed by atoms with Crippen LogP contribution in [0, 0.1) is 0 Å². The lowest BCUT2D eigenvalue weighted by molar-refractivity contribution is -0.157. The van der Waals surface area contributed by atoms with Gasteiger partial charge >= 0.3 is 5.97 Å². The quantitative estimate of drug-likeness (QED) is 0.118. The molecule has 11 nitrogen and oxygen atoms in total. The van der Waals surface area contributed by atoms with Crippen LogP contribution in [0.2, 0.25) is 0 Å². The van der Waals surface area contributed by atoms with E-state index in [0.717, 1.165) is 11.1 Å². The highest BCUT2D eigenvalue weighted by Gasteiger charge is 2.54. The van der Waals surface area contributed by atoms with E-state index in [-0.39, 0.29) is 57.2 Å². The zero-order chi connectivity index (χ0) is 33.1. The molecule has 0 bridgehead atoms. The number of carbonyl (C=O) groups excluding carboxylic acids is 3. The van der Waals surface area contributed by atoms with Crippen molar-refractivity contribution in [2.45, 2.75) is 36.9 Å². The molecule has 3 aromatic rings. The molecule has 0 radical (unpaired) electrons. The van der Waals surface area contributed by atoms with E-state index in [2.05, 4.69) is 10.6 Å². The van der Waals surface area contributed by atoms with Crippen LogP contribution in [-0.4, -0.2) is 79.2 Å². The van der Waals surface area contributed by atoms with E-state index in [4.69, 9.17) is 29.2 Å². The topological polar surface area (TPSA) is 153 Å². The first-order valence-electron chi connectivity index (χ1n) is 15.5. The first-order valence-corrected chi connectivity index (χ1v) is 15.5. The highest BCUT2D eigenvalue weighted by Crippen LogP contribution is 2.47. The number of aliphatic hydroxyl groups excluding tert-OH is 2. The summed E-state index contributed by atoms with van der Waals surface area (Å²) in [5.41, 5.74) is 2.79. The van der Waals surface area contributed by atoms with Gasteiger partial charge < -0.3 is 39.8 Å². The Bertz CT molecular complexity index is 1540. The molecule has 2 amide bonds. The number of carbonyl (C=O) groups is 3. The fraction of sp³-hybridized carbons (Fsp3) is 0.306. The molecule has 1 saturated heterocycles.